The summed E-state index contributed by atoms with van der Waals surface area (Å²) in [6, 6.07) is 3.77. The van der Waals surface area contributed by atoms with Crippen LogP contribution in [0.15, 0.2) is 11.4 Å². The Hall–Kier alpha value is -1.38. The van der Waals surface area contributed by atoms with Gasteiger partial charge in [-0.25, -0.2) is 0 Å². The monoisotopic (exact) mass is 292 g/mol. The molecule has 1 unspecified atom stereocenters. The molecule has 1 saturated heterocycles. The first-order chi connectivity index (χ1) is 9.51. The predicted molar refractivity (Wildman–Crippen MR) is 80.8 cm³/mol. The molecule has 20 heavy (non-hydrogen) atoms. The molecule has 1 aromatic rings. The highest BCUT2D eigenvalue weighted by Crippen LogP contribution is 2.22. The molecule has 0 spiro atoms. The molecule has 0 radical (unpaired) electrons. The first kappa shape index (κ1) is 15.0. The Morgan fingerprint density at radius 2 is 2.15 bits per heavy atom. The molecule has 1 aromatic heterocycles. The quantitative estimate of drug-likeness (QED) is 0.887. The summed E-state index contributed by atoms with van der Waals surface area (Å²) in [4.78, 5) is 13.7. The standard InChI is InChI=1S/C15H21N3OS/c1-10-6-11(2)9-18(8-10)12(3)14(19)17-15-13(7-16)4-5-20-15/h4-5,10-12H,6,8-9H2,1-3H3,(H,17,19)/p+1/t10-,11+,12-/m0/s1. The van der Waals surface area contributed by atoms with E-state index in [4.69, 9.17) is 5.26 Å². The molecule has 1 amide bonds. The van der Waals surface area contributed by atoms with Gasteiger partial charge in [-0.3, -0.25) is 4.79 Å². The number of carbonyl (C=O) groups excluding carboxylic acids is 1. The highest BCUT2D eigenvalue weighted by Gasteiger charge is 2.32. The van der Waals surface area contributed by atoms with Crippen LogP contribution >= 0.6 is 11.3 Å². The summed E-state index contributed by atoms with van der Waals surface area (Å²) in [5.41, 5.74) is 0.547. The Bertz CT molecular complexity index is 509. The lowest BCUT2D eigenvalue weighted by Gasteiger charge is -2.35. The third-order valence-electron chi connectivity index (χ3n) is 4.05. The van der Waals surface area contributed by atoms with Crippen LogP contribution in [0.3, 0.4) is 0 Å². The van der Waals surface area contributed by atoms with E-state index < -0.39 is 0 Å². The Labute approximate surface area is 124 Å². The van der Waals surface area contributed by atoms with Crippen LogP contribution in [0, 0.1) is 23.2 Å². The van der Waals surface area contributed by atoms with E-state index in [1.165, 1.54) is 22.7 Å². The van der Waals surface area contributed by atoms with Crippen LogP contribution in [-0.2, 0) is 4.79 Å². The molecule has 4 atom stereocenters. The van der Waals surface area contributed by atoms with Crippen molar-refractivity contribution < 1.29 is 9.69 Å². The molecule has 0 aromatic carbocycles. The molecule has 5 heteroatoms. The van der Waals surface area contributed by atoms with E-state index in [0.717, 1.165) is 13.1 Å². The fourth-order valence-electron chi connectivity index (χ4n) is 3.09. The van der Waals surface area contributed by atoms with Crippen molar-refractivity contribution in [2.75, 3.05) is 18.4 Å². The average molecular weight is 292 g/mol. The number of carbonyl (C=O) groups is 1. The van der Waals surface area contributed by atoms with Gasteiger partial charge < -0.3 is 10.2 Å². The molecule has 0 aliphatic carbocycles. The summed E-state index contributed by atoms with van der Waals surface area (Å²) >= 11 is 1.40. The van der Waals surface area contributed by atoms with E-state index in [-0.39, 0.29) is 11.9 Å². The second kappa shape index (κ2) is 6.38. The first-order valence-corrected chi connectivity index (χ1v) is 8.02. The number of rotatable bonds is 3. The Morgan fingerprint density at radius 1 is 1.50 bits per heavy atom. The van der Waals surface area contributed by atoms with Gasteiger partial charge in [-0.1, -0.05) is 13.8 Å². The van der Waals surface area contributed by atoms with E-state index in [1.807, 2.05) is 12.3 Å². The van der Waals surface area contributed by atoms with E-state index in [1.54, 1.807) is 6.07 Å². The molecule has 0 bridgehead atoms. The SMILES string of the molecule is C[C@@H]1C[C@H](C)C[NH+]([C@@H](C)C(=O)Nc2sccc2C#N)C1. The van der Waals surface area contributed by atoms with Crippen LogP contribution in [0.2, 0.25) is 0 Å². The summed E-state index contributed by atoms with van der Waals surface area (Å²) in [7, 11) is 0. The molecule has 4 nitrogen and oxygen atoms in total. The lowest BCUT2D eigenvalue weighted by Crippen LogP contribution is -3.18. The number of anilines is 1. The van der Waals surface area contributed by atoms with Crippen LogP contribution in [0.5, 0.6) is 0 Å². The lowest BCUT2D eigenvalue weighted by molar-refractivity contribution is -0.925. The van der Waals surface area contributed by atoms with E-state index in [2.05, 4.69) is 25.2 Å². The number of nitrogens with one attached hydrogen (secondary N) is 2. The van der Waals surface area contributed by atoms with Crippen LogP contribution in [-0.4, -0.2) is 25.0 Å². The minimum atomic E-state index is -0.0751. The van der Waals surface area contributed by atoms with Crippen molar-refractivity contribution >= 4 is 22.2 Å². The second-order valence-electron chi connectivity index (χ2n) is 6.00. The number of nitriles is 1. The van der Waals surface area contributed by atoms with Crippen LogP contribution in [0.25, 0.3) is 0 Å². The molecule has 2 heterocycles. The van der Waals surface area contributed by atoms with Gasteiger partial charge in [-0.2, -0.15) is 5.26 Å². The normalized spacial score (nSPS) is 27.6. The summed E-state index contributed by atoms with van der Waals surface area (Å²) in [5, 5.41) is 14.4. The molecule has 1 fully saturated rings. The summed E-state index contributed by atoms with van der Waals surface area (Å²) < 4.78 is 0. The topological polar surface area (TPSA) is 57.3 Å². The third-order valence-corrected chi connectivity index (χ3v) is 4.88. The van der Waals surface area contributed by atoms with Crippen molar-refractivity contribution in [3.63, 3.8) is 0 Å². The number of nitrogens with zero attached hydrogens (tertiary/aromatic N) is 1. The average Bonchev–Trinajstić information content (AvgIpc) is 2.83. The molecule has 1 aliphatic heterocycles. The van der Waals surface area contributed by atoms with Crippen molar-refractivity contribution in [2.24, 2.45) is 11.8 Å². The smallest absolute Gasteiger partial charge is 0.283 e. The highest BCUT2D eigenvalue weighted by atomic mass is 32.1. The van der Waals surface area contributed by atoms with Crippen LogP contribution < -0.4 is 10.2 Å². The van der Waals surface area contributed by atoms with E-state index in [9.17, 15) is 4.79 Å². The van der Waals surface area contributed by atoms with Gasteiger partial charge in [0.1, 0.15) is 11.1 Å². The van der Waals surface area contributed by atoms with Crippen LogP contribution in [0.4, 0.5) is 5.00 Å². The zero-order valence-corrected chi connectivity index (χ0v) is 13.1. The summed E-state index contributed by atoms with van der Waals surface area (Å²) in [6.45, 7) is 8.60. The van der Waals surface area contributed by atoms with Gasteiger partial charge in [0.05, 0.1) is 18.7 Å². The Morgan fingerprint density at radius 3 is 2.75 bits per heavy atom. The van der Waals surface area contributed by atoms with E-state index >= 15 is 0 Å². The minimum absolute atomic E-state index is 0.0141. The fourth-order valence-corrected chi connectivity index (χ4v) is 3.83. The number of hydrogen-bond acceptors (Lipinski definition) is 3. The maximum atomic E-state index is 12.4. The van der Waals surface area contributed by atoms with Gasteiger partial charge in [0.2, 0.25) is 0 Å². The molecule has 2 N–H and O–H groups in total. The number of hydrogen-bond donors (Lipinski definition) is 2. The van der Waals surface area contributed by atoms with Gasteiger partial charge >= 0.3 is 0 Å². The maximum Gasteiger partial charge on any atom is 0.283 e. The predicted octanol–water partition coefficient (Wildman–Crippen LogP) is 1.51. The van der Waals surface area contributed by atoms with Crippen LogP contribution in [0.1, 0.15) is 32.8 Å². The number of quaternary nitrogens is 1. The molecule has 1 aliphatic rings. The molecule has 0 saturated carbocycles. The lowest BCUT2D eigenvalue weighted by atomic mass is 9.91. The maximum absolute atomic E-state index is 12.4. The first-order valence-electron chi connectivity index (χ1n) is 7.14. The summed E-state index contributed by atoms with van der Waals surface area (Å²) in [6.07, 6.45) is 1.25. The highest BCUT2D eigenvalue weighted by molar-refractivity contribution is 7.14. The van der Waals surface area contributed by atoms with E-state index in [0.29, 0.717) is 22.4 Å². The van der Waals surface area contributed by atoms with Gasteiger partial charge in [0.25, 0.3) is 5.91 Å². The number of likely N-dealkylation sites (tertiary alicyclic amines) is 1. The zero-order valence-electron chi connectivity index (χ0n) is 12.3. The van der Waals surface area contributed by atoms with Crippen molar-refractivity contribution in [3.05, 3.63) is 17.0 Å². The fraction of sp³-hybridized carbons (Fsp3) is 0.600. The van der Waals surface area contributed by atoms with Crippen molar-refractivity contribution in [1.82, 2.24) is 0 Å². The number of piperidine rings is 1. The summed E-state index contributed by atoms with van der Waals surface area (Å²) in [5.74, 6) is 1.35. The third kappa shape index (κ3) is 3.38. The molecular formula is C15H22N3OS+. The van der Waals surface area contributed by atoms with Gasteiger partial charge in [0.15, 0.2) is 6.04 Å². The Kier molecular flexibility index (Phi) is 4.79. The number of amides is 1. The van der Waals surface area contributed by atoms with Crippen molar-refractivity contribution in [3.8, 4) is 6.07 Å². The van der Waals surface area contributed by atoms with Gasteiger partial charge in [-0.05, 0) is 24.8 Å². The van der Waals surface area contributed by atoms with Crippen molar-refractivity contribution in [2.45, 2.75) is 33.2 Å². The molecular weight excluding hydrogens is 270 g/mol. The largest absolute Gasteiger partial charge is 0.324 e. The van der Waals surface area contributed by atoms with Gasteiger partial charge in [-0.15, -0.1) is 11.3 Å². The zero-order chi connectivity index (χ0) is 14.7. The van der Waals surface area contributed by atoms with Crippen molar-refractivity contribution in [1.29, 1.82) is 5.26 Å². The molecule has 108 valence electrons. The Balaban J connectivity index is 2.00. The number of thiophene rings is 1. The second-order valence-corrected chi connectivity index (χ2v) is 6.91. The van der Waals surface area contributed by atoms with Gasteiger partial charge in [0, 0.05) is 11.8 Å². The minimum Gasteiger partial charge on any atom is -0.324 e. The molecule has 2 rings (SSSR count).